The van der Waals surface area contributed by atoms with Crippen LogP contribution in [0.25, 0.3) is 11.4 Å². The topological polar surface area (TPSA) is 124 Å². The zero-order valence-corrected chi connectivity index (χ0v) is 16.9. The number of halogens is 2. The molecule has 0 aliphatic rings. The number of amides is 2. The van der Waals surface area contributed by atoms with E-state index >= 15 is 0 Å². The molecule has 0 saturated carbocycles. The molecule has 1 unspecified atom stereocenters. The maximum absolute atomic E-state index is 13.1. The molecule has 0 aliphatic carbocycles. The summed E-state index contributed by atoms with van der Waals surface area (Å²) in [6.07, 6.45) is -0.131. The van der Waals surface area contributed by atoms with Crippen LogP contribution in [0.3, 0.4) is 0 Å². The fraction of sp³-hybridized carbons (Fsp3) is 0.222. The molecule has 0 saturated heterocycles. The third kappa shape index (κ3) is 4.87. The zero-order valence-electron chi connectivity index (χ0n) is 16.2. The third-order valence-electron chi connectivity index (χ3n) is 3.94. The molecule has 30 heavy (non-hydrogen) atoms. The number of aromatic nitrogens is 5. The molecule has 2 amide bonds. The van der Waals surface area contributed by atoms with Crippen molar-refractivity contribution in [3.05, 3.63) is 47.1 Å². The predicted molar refractivity (Wildman–Crippen MR) is 106 cm³/mol. The van der Waals surface area contributed by atoms with Crippen molar-refractivity contribution < 1.29 is 18.7 Å². The lowest BCUT2D eigenvalue weighted by atomic mass is 10.2. The van der Waals surface area contributed by atoms with E-state index in [1.807, 2.05) is 0 Å². The molecule has 3 heterocycles. The van der Waals surface area contributed by atoms with Gasteiger partial charge in [-0.25, -0.2) is 14.5 Å². The number of aryl methyl sites for hydroxylation is 1. The Bertz CT molecular complexity index is 1090. The van der Waals surface area contributed by atoms with Crippen LogP contribution in [0.1, 0.15) is 25.5 Å². The van der Waals surface area contributed by atoms with Crippen molar-refractivity contribution >= 4 is 35.1 Å². The van der Waals surface area contributed by atoms with Crippen molar-refractivity contribution in [2.75, 3.05) is 10.6 Å². The summed E-state index contributed by atoms with van der Waals surface area (Å²) in [5, 5.41) is 13.0. The van der Waals surface area contributed by atoms with Gasteiger partial charge in [-0.1, -0.05) is 16.8 Å². The van der Waals surface area contributed by atoms with Crippen LogP contribution in [0.15, 0.2) is 30.5 Å². The number of anilines is 2. The summed E-state index contributed by atoms with van der Waals surface area (Å²) in [6.45, 7) is 2.96. The second kappa shape index (κ2) is 8.82. The summed E-state index contributed by atoms with van der Waals surface area (Å²) in [6, 6.07) is 5.78. The maximum Gasteiger partial charge on any atom is 0.413 e. The number of carbonyl (C=O) groups excluding carboxylic acids is 2. The number of rotatable bonds is 5. The van der Waals surface area contributed by atoms with Gasteiger partial charge in [0.1, 0.15) is 11.3 Å². The number of pyridine rings is 2. The van der Waals surface area contributed by atoms with Crippen LogP contribution in [0, 0.1) is 5.95 Å². The SMILES string of the molecule is CC(=O)Nc1ccc(-c2nnn(C)c2NC(=O)OC(C)c2ccc(F)nc2Cl)nc1. The Morgan fingerprint density at radius 3 is 2.63 bits per heavy atom. The summed E-state index contributed by atoms with van der Waals surface area (Å²) in [5.74, 6) is -0.710. The summed E-state index contributed by atoms with van der Waals surface area (Å²) in [4.78, 5) is 31.2. The van der Waals surface area contributed by atoms with Crippen LogP contribution in [0.2, 0.25) is 5.15 Å². The van der Waals surface area contributed by atoms with Crippen molar-refractivity contribution in [2.45, 2.75) is 20.0 Å². The van der Waals surface area contributed by atoms with E-state index in [1.54, 1.807) is 26.1 Å². The van der Waals surface area contributed by atoms with E-state index in [1.165, 1.54) is 23.9 Å². The second-order valence-corrected chi connectivity index (χ2v) is 6.57. The van der Waals surface area contributed by atoms with E-state index in [-0.39, 0.29) is 16.9 Å². The lowest BCUT2D eigenvalue weighted by Gasteiger charge is -2.15. The Hall–Kier alpha value is -3.60. The molecule has 12 heteroatoms. The smallest absolute Gasteiger partial charge is 0.413 e. The highest BCUT2D eigenvalue weighted by Crippen LogP contribution is 2.27. The van der Waals surface area contributed by atoms with E-state index in [0.29, 0.717) is 22.6 Å². The van der Waals surface area contributed by atoms with E-state index in [0.717, 1.165) is 6.07 Å². The lowest BCUT2D eigenvalue weighted by Crippen LogP contribution is -2.18. The number of hydrogen-bond donors (Lipinski definition) is 2. The van der Waals surface area contributed by atoms with Gasteiger partial charge in [0.2, 0.25) is 11.9 Å². The first kappa shape index (κ1) is 21.1. The first-order valence-electron chi connectivity index (χ1n) is 8.68. The molecule has 0 spiro atoms. The molecule has 0 bridgehead atoms. The standard InChI is InChI=1S/C18H17ClFN7O3/c1-9(12-5-7-14(20)23-16(12)19)30-18(29)24-17-15(25-26-27(17)3)13-6-4-11(8-21-13)22-10(2)28/h4-9H,1-3H3,(H,22,28)(H,24,29). The Morgan fingerprint density at radius 1 is 1.23 bits per heavy atom. The molecular formula is C18H17ClFN7O3. The second-order valence-electron chi connectivity index (χ2n) is 6.21. The molecule has 1 atom stereocenters. The van der Waals surface area contributed by atoms with E-state index in [9.17, 15) is 14.0 Å². The number of hydrogen-bond acceptors (Lipinski definition) is 7. The van der Waals surface area contributed by atoms with Gasteiger partial charge >= 0.3 is 6.09 Å². The fourth-order valence-corrected chi connectivity index (χ4v) is 2.85. The van der Waals surface area contributed by atoms with Gasteiger partial charge in [-0.2, -0.15) is 4.39 Å². The van der Waals surface area contributed by atoms with E-state index < -0.39 is 18.1 Å². The van der Waals surface area contributed by atoms with Gasteiger partial charge in [0.15, 0.2) is 11.5 Å². The summed E-state index contributed by atoms with van der Waals surface area (Å²) in [7, 11) is 1.59. The van der Waals surface area contributed by atoms with Crippen molar-refractivity contribution in [1.82, 2.24) is 25.0 Å². The Morgan fingerprint density at radius 2 is 2.00 bits per heavy atom. The van der Waals surface area contributed by atoms with Crippen LogP contribution >= 0.6 is 11.6 Å². The third-order valence-corrected chi connectivity index (χ3v) is 4.24. The number of nitrogens with zero attached hydrogens (tertiary/aromatic N) is 5. The molecule has 3 aromatic rings. The van der Waals surface area contributed by atoms with E-state index in [2.05, 4.69) is 30.9 Å². The molecule has 0 aromatic carbocycles. The molecule has 0 radical (unpaired) electrons. The fourth-order valence-electron chi connectivity index (χ4n) is 2.56. The van der Waals surface area contributed by atoms with Gasteiger partial charge in [-0.3, -0.25) is 15.1 Å². The van der Waals surface area contributed by atoms with Gasteiger partial charge in [0.25, 0.3) is 0 Å². The Kier molecular flexibility index (Phi) is 6.21. The van der Waals surface area contributed by atoms with Crippen LogP contribution < -0.4 is 10.6 Å². The number of nitrogens with one attached hydrogen (secondary N) is 2. The molecule has 0 aliphatic heterocycles. The summed E-state index contributed by atoms with van der Waals surface area (Å²) in [5.41, 5.74) is 1.60. The van der Waals surface area contributed by atoms with Crippen molar-refractivity contribution in [3.8, 4) is 11.4 Å². The Balaban J connectivity index is 1.75. The van der Waals surface area contributed by atoms with Crippen LogP contribution in [0.4, 0.5) is 20.7 Å². The summed E-state index contributed by atoms with van der Waals surface area (Å²) < 4.78 is 19.8. The maximum atomic E-state index is 13.1. The average molecular weight is 434 g/mol. The van der Waals surface area contributed by atoms with Gasteiger partial charge in [0, 0.05) is 19.5 Å². The van der Waals surface area contributed by atoms with Crippen LogP contribution in [-0.4, -0.2) is 37.0 Å². The molecule has 2 N–H and O–H groups in total. The van der Waals surface area contributed by atoms with E-state index in [4.69, 9.17) is 16.3 Å². The van der Waals surface area contributed by atoms with Gasteiger partial charge < -0.3 is 10.1 Å². The molecule has 0 fully saturated rings. The van der Waals surface area contributed by atoms with Crippen molar-refractivity contribution in [3.63, 3.8) is 0 Å². The quantitative estimate of drug-likeness (QED) is 0.591. The Labute approximate surface area is 175 Å². The highest BCUT2D eigenvalue weighted by molar-refractivity contribution is 6.30. The zero-order chi connectivity index (χ0) is 21.8. The van der Waals surface area contributed by atoms with Crippen LogP contribution in [-0.2, 0) is 16.6 Å². The van der Waals surface area contributed by atoms with Gasteiger partial charge in [-0.05, 0) is 31.2 Å². The molecule has 3 rings (SSSR count). The van der Waals surface area contributed by atoms with Crippen molar-refractivity contribution in [2.24, 2.45) is 7.05 Å². The number of ether oxygens (including phenoxy) is 1. The minimum atomic E-state index is -0.801. The minimum Gasteiger partial charge on any atom is -0.441 e. The first-order chi connectivity index (χ1) is 14.2. The first-order valence-corrected chi connectivity index (χ1v) is 9.05. The van der Waals surface area contributed by atoms with Gasteiger partial charge in [0.05, 0.1) is 17.6 Å². The largest absolute Gasteiger partial charge is 0.441 e. The normalized spacial score (nSPS) is 11.6. The van der Waals surface area contributed by atoms with Crippen LogP contribution in [0.5, 0.6) is 0 Å². The predicted octanol–water partition coefficient (Wildman–Crippen LogP) is 3.33. The molecule has 10 nitrogen and oxygen atoms in total. The number of carbonyl (C=O) groups is 2. The molecule has 156 valence electrons. The van der Waals surface area contributed by atoms with Gasteiger partial charge in [-0.15, -0.1) is 5.10 Å². The molecule has 3 aromatic heterocycles. The molecular weight excluding hydrogens is 417 g/mol. The highest BCUT2D eigenvalue weighted by atomic mass is 35.5. The monoisotopic (exact) mass is 433 g/mol. The minimum absolute atomic E-state index is 0.0957. The highest BCUT2D eigenvalue weighted by Gasteiger charge is 2.20. The van der Waals surface area contributed by atoms with Crippen molar-refractivity contribution in [1.29, 1.82) is 0 Å². The average Bonchev–Trinajstić information content (AvgIpc) is 3.02. The lowest BCUT2D eigenvalue weighted by molar-refractivity contribution is -0.114. The summed E-state index contributed by atoms with van der Waals surface area (Å²) >= 11 is 5.90.